The number of nitrogens with one attached hydrogen (secondary N) is 1. The summed E-state index contributed by atoms with van der Waals surface area (Å²) in [6.07, 6.45) is 3.00. The van der Waals surface area contributed by atoms with Crippen LogP contribution in [0.1, 0.15) is 31.1 Å². The molecule has 2 aromatic carbocycles. The van der Waals surface area contributed by atoms with Gasteiger partial charge in [0.05, 0.1) is 42.8 Å². The highest BCUT2D eigenvalue weighted by molar-refractivity contribution is 6.05. The molecule has 0 atom stereocenters. The number of carbonyl (C=O) groups excluding carboxylic acids is 3. The topological polar surface area (TPSA) is 99.5 Å². The Morgan fingerprint density at radius 1 is 0.893 bits per heavy atom. The number of hydrogen-bond donors (Lipinski definition) is 1. The van der Waals surface area contributed by atoms with Gasteiger partial charge in [0.2, 0.25) is 0 Å². The zero-order chi connectivity index (χ0) is 20.1. The van der Waals surface area contributed by atoms with Crippen LogP contribution in [0.3, 0.4) is 0 Å². The minimum absolute atomic E-state index is 0.112. The van der Waals surface area contributed by atoms with Gasteiger partial charge in [0.15, 0.2) is 0 Å². The van der Waals surface area contributed by atoms with Gasteiger partial charge in [-0.15, -0.1) is 0 Å². The van der Waals surface area contributed by atoms with Crippen LogP contribution in [0.5, 0.6) is 0 Å². The Hall–Kier alpha value is -3.94. The average Bonchev–Trinajstić information content (AvgIpc) is 3.23. The molecule has 0 saturated heterocycles. The molecule has 0 radical (unpaired) electrons. The van der Waals surface area contributed by atoms with Crippen molar-refractivity contribution in [2.24, 2.45) is 0 Å². The Morgan fingerprint density at radius 3 is 2.07 bits per heavy atom. The molecule has 142 valence electrons. The Kier molecular flexibility index (Phi) is 5.50. The number of ether oxygens (including phenoxy) is 2. The molecule has 0 saturated carbocycles. The van der Waals surface area contributed by atoms with Gasteiger partial charge in [-0.25, -0.2) is 14.3 Å². The second kappa shape index (κ2) is 8.17. The average molecular weight is 379 g/mol. The predicted molar refractivity (Wildman–Crippen MR) is 101 cm³/mol. The molecule has 3 aromatic rings. The zero-order valence-electron chi connectivity index (χ0n) is 15.2. The van der Waals surface area contributed by atoms with E-state index < -0.39 is 17.8 Å². The Labute approximate surface area is 160 Å². The van der Waals surface area contributed by atoms with Crippen molar-refractivity contribution < 1.29 is 23.9 Å². The Balaban J connectivity index is 1.86. The highest BCUT2D eigenvalue weighted by Crippen LogP contribution is 2.18. The zero-order valence-corrected chi connectivity index (χ0v) is 15.2. The van der Waals surface area contributed by atoms with E-state index in [-0.39, 0.29) is 16.8 Å². The summed E-state index contributed by atoms with van der Waals surface area (Å²) in [7, 11) is 2.45. The van der Waals surface area contributed by atoms with Gasteiger partial charge in [-0.3, -0.25) is 4.79 Å². The quantitative estimate of drug-likeness (QED) is 0.684. The van der Waals surface area contributed by atoms with Crippen LogP contribution >= 0.6 is 0 Å². The lowest BCUT2D eigenvalue weighted by molar-refractivity contribution is 0.0599. The number of anilines is 1. The van der Waals surface area contributed by atoms with Crippen LogP contribution in [0.4, 0.5) is 5.69 Å². The fourth-order valence-electron chi connectivity index (χ4n) is 2.54. The molecule has 3 rings (SSSR count). The van der Waals surface area contributed by atoms with E-state index in [0.717, 1.165) is 5.69 Å². The van der Waals surface area contributed by atoms with E-state index in [1.165, 1.54) is 38.6 Å². The van der Waals surface area contributed by atoms with Gasteiger partial charge < -0.3 is 14.8 Å². The van der Waals surface area contributed by atoms with Crippen molar-refractivity contribution >= 4 is 23.5 Å². The van der Waals surface area contributed by atoms with E-state index in [1.807, 2.05) is 30.3 Å². The number of hydrogen-bond acceptors (Lipinski definition) is 6. The van der Waals surface area contributed by atoms with E-state index in [4.69, 9.17) is 0 Å². The molecular weight excluding hydrogens is 362 g/mol. The molecule has 1 heterocycles. The standard InChI is InChI=1S/C20H17N3O5/c1-27-19(25)13-8-14(20(26)28-2)10-16(9-13)22-18(24)15-11-21-23(12-15)17-6-4-3-5-7-17/h3-12H,1-2H3,(H,22,24). The molecule has 0 bridgehead atoms. The van der Waals surface area contributed by atoms with Crippen LogP contribution in [-0.2, 0) is 9.47 Å². The molecule has 0 fully saturated rings. The van der Waals surface area contributed by atoms with Gasteiger partial charge in [0.1, 0.15) is 0 Å². The lowest BCUT2D eigenvalue weighted by atomic mass is 10.1. The summed E-state index contributed by atoms with van der Waals surface area (Å²) >= 11 is 0. The molecule has 0 aliphatic rings. The summed E-state index contributed by atoms with van der Waals surface area (Å²) in [6.45, 7) is 0. The number of nitrogens with zero attached hydrogens (tertiary/aromatic N) is 2. The number of para-hydroxylation sites is 1. The predicted octanol–water partition coefficient (Wildman–Crippen LogP) is 2.70. The number of esters is 2. The molecule has 28 heavy (non-hydrogen) atoms. The minimum Gasteiger partial charge on any atom is -0.465 e. The summed E-state index contributed by atoms with van der Waals surface area (Å²) < 4.78 is 10.9. The highest BCUT2D eigenvalue weighted by Gasteiger charge is 2.16. The maximum atomic E-state index is 12.6. The summed E-state index contributed by atoms with van der Waals surface area (Å²) in [6, 6.07) is 13.5. The first-order valence-corrected chi connectivity index (χ1v) is 8.25. The largest absolute Gasteiger partial charge is 0.465 e. The summed E-state index contributed by atoms with van der Waals surface area (Å²) in [5.41, 5.74) is 1.59. The number of benzene rings is 2. The SMILES string of the molecule is COC(=O)c1cc(NC(=O)c2cnn(-c3ccccc3)c2)cc(C(=O)OC)c1. The van der Waals surface area contributed by atoms with E-state index in [1.54, 1.807) is 10.9 Å². The number of amides is 1. The van der Waals surface area contributed by atoms with Crippen molar-refractivity contribution in [2.75, 3.05) is 19.5 Å². The van der Waals surface area contributed by atoms with Crippen molar-refractivity contribution in [2.45, 2.75) is 0 Å². The fraction of sp³-hybridized carbons (Fsp3) is 0.100. The summed E-state index contributed by atoms with van der Waals surface area (Å²) in [4.78, 5) is 36.3. The lowest BCUT2D eigenvalue weighted by Gasteiger charge is -2.09. The molecular formula is C20H17N3O5. The molecule has 8 heteroatoms. The van der Waals surface area contributed by atoms with Crippen molar-refractivity contribution in [3.63, 3.8) is 0 Å². The molecule has 8 nitrogen and oxygen atoms in total. The van der Waals surface area contributed by atoms with Gasteiger partial charge in [-0.2, -0.15) is 5.10 Å². The summed E-state index contributed by atoms with van der Waals surface area (Å²) in [5, 5.41) is 6.83. The van der Waals surface area contributed by atoms with Crippen molar-refractivity contribution in [1.82, 2.24) is 9.78 Å². The third-order valence-electron chi connectivity index (χ3n) is 3.90. The van der Waals surface area contributed by atoms with Crippen molar-refractivity contribution in [3.8, 4) is 5.69 Å². The minimum atomic E-state index is -0.641. The van der Waals surface area contributed by atoms with Crippen LogP contribution in [0.15, 0.2) is 60.9 Å². The van der Waals surface area contributed by atoms with E-state index in [9.17, 15) is 14.4 Å². The fourth-order valence-corrected chi connectivity index (χ4v) is 2.54. The van der Waals surface area contributed by atoms with Crippen LogP contribution < -0.4 is 5.32 Å². The van der Waals surface area contributed by atoms with Crippen LogP contribution in [-0.4, -0.2) is 41.8 Å². The van der Waals surface area contributed by atoms with E-state index >= 15 is 0 Å². The van der Waals surface area contributed by atoms with Gasteiger partial charge in [-0.1, -0.05) is 18.2 Å². The monoisotopic (exact) mass is 379 g/mol. The third-order valence-corrected chi connectivity index (χ3v) is 3.90. The number of aromatic nitrogens is 2. The smallest absolute Gasteiger partial charge is 0.337 e. The second-order valence-corrected chi connectivity index (χ2v) is 5.75. The molecule has 0 spiro atoms. The van der Waals surface area contributed by atoms with Gasteiger partial charge >= 0.3 is 11.9 Å². The lowest BCUT2D eigenvalue weighted by Crippen LogP contribution is -2.14. The van der Waals surface area contributed by atoms with Gasteiger partial charge in [-0.05, 0) is 30.3 Å². The Morgan fingerprint density at radius 2 is 1.50 bits per heavy atom. The maximum Gasteiger partial charge on any atom is 0.337 e. The normalized spacial score (nSPS) is 10.2. The summed E-state index contributed by atoms with van der Waals surface area (Å²) in [5.74, 6) is -1.73. The van der Waals surface area contributed by atoms with Crippen molar-refractivity contribution in [3.05, 3.63) is 77.6 Å². The number of rotatable bonds is 5. The van der Waals surface area contributed by atoms with Crippen LogP contribution in [0.2, 0.25) is 0 Å². The van der Waals surface area contributed by atoms with Crippen LogP contribution in [0.25, 0.3) is 5.69 Å². The first-order chi connectivity index (χ1) is 13.5. The van der Waals surface area contributed by atoms with Gasteiger partial charge in [0.25, 0.3) is 5.91 Å². The third kappa shape index (κ3) is 4.07. The van der Waals surface area contributed by atoms with Gasteiger partial charge in [0, 0.05) is 11.9 Å². The maximum absolute atomic E-state index is 12.6. The molecule has 1 aromatic heterocycles. The second-order valence-electron chi connectivity index (χ2n) is 5.75. The van der Waals surface area contributed by atoms with E-state index in [2.05, 4.69) is 19.9 Å². The highest BCUT2D eigenvalue weighted by atomic mass is 16.5. The molecule has 0 unspecified atom stereocenters. The van der Waals surface area contributed by atoms with Crippen molar-refractivity contribution in [1.29, 1.82) is 0 Å². The molecule has 1 amide bonds. The number of methoxy groups -OCH3 is 2. The Bertz CT molecular complexity index is 993. The molecule has 1 N–H and O–H groups in total. The molecule has 0 aliphatic carbocycles. The van der Waals surface area contributed by atoms with E-state index in [0.29, 0.717) is 5.56 Å². The first-order valence-electron chi connectivity index (χ1n) is 8.25. The molecule has 0 aliphatic heterocycles. The first kappa shape index (κ1) is 18.8. The number of carbonyl (C=O) groups is 3. The van der Waals surface area contributed by atoms with Crippen LogP contribution in [0, 0.1) is 0 Å².